The number of halogens is 1. The fourth-order valence-electron chi connectivity index (χ4n) is 1.64. The van der Waals surface area contributed by atoms with Gasteiger partial charge in [0.05, 0.1) is 0 Å². The van der Waals surface area contributed by atoms with Crippen molar-refractivity contribution in [1.82, 2.24) is 4.90 Å². The van der Waals surface area contributed by atoms with Crippen LogP contribution in [0.4, 0.5) is 0 Å². The van der Waals surface area contributed by atoms with E-state index in [9.17, 15) is 0 Å². The molecule has 0 heterocycles. The van der Waals surface area contributed by atoms with Gasteiger partial charge >= 0.3 is 0 Å². The first kappa shape index (κ1) is 12.7. The second kappa shape index (κ2) is 6.26. The summed E-state index contributed by atoms with van der Waals surface area (Å²) in [6.45, 7) is 8.09. The lowest BCUT2D eigenvalue weighted by Crippen LogP contribution is -2.23. The van der Waals surface area contributed by atoms with E-state index in [2.05, 4.69) is 46.8 Å². The van der Waals surface area contributed by atoms with Gasteiger partial charge in [-0.3, -0.25) is 4.90 Å². The topological polar surface area (TPSA) is 29.3 Å². The molecule has 84 valence electrons. The molecule has 0 amide bonds. The zero-order valence-electron chi connectivity index (χ0n) is 9.46. The maximum absolute atomic E-state index is 5.74. The van der Waals surface area contributed by atoms with E-state index >= 15 is 0 Å². The summed E-state index contributed by atoms with van der Waals surface area (Å²) in [5.41, 5.74) is 8.29. The minimum atomic E-state index is 0.607. The van der Waals surface area contributed by atoms with Crippen molar-refractivity contribution >= 4 is 15.9 Å². The van der Waals surface area contributed by atoms with Gasteiger partial charge in [-0.2, -0.15) is 0 Å². The number of nitrogens with two attached hydrogens (primary N) is 1. The fourth-order valence-corrected chi connectivity index (χ4v) is 2.18. The molecule has 0 aliphatic heterocycles. The minimum Gasteiger partial charge on any atom is -0.326 e. The van der Waals surface area contributed by atoms with Crippen LogP contribution in [0.25, 0.3) is 0 Å². The average molecular weight is 271 g/mol. The second-order valence-electron chi connectivity index (χ2n) is 3.54. The summed E-state index contributed by atoms with van der Waals surface area (Å²) in [5, 5.41) is 0. The first-order chi connectivity index (χ1) is 7.22. The van der Waals surface area contributed by atoms with E-state index in [4.69, 9.17) is 5.73 Å². The fraction of sp³-hybridized carbons (Fsp3) is 0.500. The third-order valence-electron chi connectivity index (χ3n) is 2.71. The molecule has 3 heteroatoms. The van der Waals surface area contributed by atoms with Gasteiger partial charge in [0.1, 0.15) is 0 Å². The van der Waals surface area contributed by atoms with Gasteiger partial charge in [-0.25, -0.2) is 0 Å². The lowest BCUT2D eigenvalue weighted by molar-refractivity contribution is 0.294. The van der Waals surface area contributed by atoms with Gasteiger partial charge in [0.2, 0.25) is 0 Å². The van der Waals surface area contributed by atoms with Crippen LogP contribution in [-0.4, -0.2) is 18.0 Å². The molecule has 15 heavy (non-hydrogen) atoms. The molecule has 0 saturated carbocycles. The van der Waals surface area contributed by atoms with E-state index < -0.39 is 0 Å². The van der Waals surface area contributed by atoms with Gasteiger partial charge in [0, 0.05) is 17.6 Å². The Balaban J connectivity index is 2.91. The van der Waals surface area contributed by atoms with E-state index in [1.54, 1.807) is 0 Å². The van der Waals surface area contributed by atoms with Gasteiger partial charge in [0.25, 0.3) is 0 Å². The van der Waals surface area contributed by atoms with Crippen LogP contribution in [-0.2, 0) is 13.1 Å². The maximum Gasteiger partial charge on any atom is 0.0247 e. The maximum atomic E-state index is 5.74. The van der Waals surface area contributed by atoms with Crippen molar-refractivity contribution in [2.75, 3.05) is 13.1 Å². The SMILES string of the molecule is CCN(CC)Cc1c(Br)cccc1CN. The monoisotopic (exact) mass is 270 g/mol. The highest BCUT2D eigenvalue weighted by atomic mass is 79.9. The van der Waals surface area contributed by atoms with Gasteiger partial charge < -0.3 is 5.73 Å². The first-order valence-electron chi connectivity index (χ1n) is 5.41. The number of rotatable bonds is 5. The third-order valence-corrected chi connectivity index (χ3v) is 3.45. The normalized spacial score (nSPS) is 11.0. The first-order valence-corrected chi connectivity index (χ1v) is 6.20. The van der Waals surface area contributed by atoms with Gasteiger partial charge in [-0.05, 0) is 30.3 Å². The number of hydrogen-bond donors (Lipinski definition) is 1. The highest BCUT2D eigenvalue weighted by Gasteiger charge is 2.08. The van der Waals surface area contributed by atoms with E-state index in [0.29, 0.717) is 6.54 Å². The standard InChI is InChI=1S/C12H19BrN2/c1-3-15(4-2)9-11-10(8-14)6-5-7-12(11)13/h5-7H,3-4,8-9,14H2,1-2H3. The predicted octanol–water partition coefficient (Wildman–Crippen LogP) is 2.75. The van der Waals surface area contributed by atoms with E-state index in [1.807, 2.05) is 6.07 Å². The molecule has 0 atom stereocenters. The summed E-state index contributed by atoms with van der Waals surface area (Å²) in [4.78, 5) is 2.39. The van der Waals surface area contributed by atoms with E-state index in [-0.39, 0.29) is 0 Å². The average Bonchev–Trinajstić information content (AvgIpc) is 2.27. The molecule has 0 unspecified atom stereocenters. The molecule has 0 spiro atoms. The molecule has 1 rings (SSSR count). The summed E-state index contributed by atoms with van der Waals surface area (Å²) >= 11 is 3.59. The van der Waals surface area contributed by atoms with Crippen molar-refractivity contribution in [1.29, 1.82) is 0 Å². The van der Waals surface area contributed by atoms with Gasteiger partial charge in [-0.15, -0.1) is 0 Å². The van der Waals surface area contributed by atoms with Crippen molar-refractivity contribution < 1.29 is 0 Å². The molecule has 0 radical (unpaired) electrons. The van der Waals surface area contributed by atoms with Crippen LogP contribution in [0.1, 0.15) is 25.0 Å². The molecular weight excluding hydrogens is 252 g/mol. The molecule has 0 saturated heterocycles. The molecule has 0 aromatic heterocycles. The van der Waals surface area contributed by atoms with Crippen molar-refractivity contribution in [3.05, 3.63) is 33.8 Å². The molecule has 2 N–H and O–H groups in total. The van der Waals surface area contributed by atoms with Crippen LogP contribution in [0.15, 0.2) is 22.7 Å². The van der Waals surface area contributed by atoms with Crippen LogP contribution in [0, 0.1) is 0 Å². The van der Waals surface area contributed by atoms with Crippen LogP contribution in [0.3, 0.4) is 0 Å². The van der Waals surface area contributed by atoms with E-state index in [0.717, 1.165) is 24.1 Å². The van der Waals surface area contributed by atoms with Crippen LogP contribution >= 0.6 is 15.9 Å². The van der Waals surface area contributed by atoms with Crippen molar-refractivity contribution in [2.45, 2.75) is 26.9 Å². The lowest BCUT2D eigenvalue weighted by Gasteiger charge is -2.20. The highest BCUT2D eigenvalue weighted by Crippen LogP contribution is 2.22. The molecule has 0 aliphatic carbocycles. The number of hydrogen-bond acceptors (Lipinski definition) is 2. The Morgan fingerprint density at radius 3 is 2.47 bits per heavy atom. The smallest absolute Gasteiger partial charge is 0.0247 e. The van der Waals surface area contributed by atoms with Crippen LogP contribution in [0.2, 0.25) is 0 Å². The third kappa shape index (κ3) is 3.30. The van der Waals surface area contributed by atoms with Crippen molar-refractivity contribution in [3.63, 3.8) is 0 Å². The Kier molecular flexibility index (Phi) is 5.29. The quantitative estimate of drug-likeness (QED) is 0.892. The largest absolute Gasteiger partial charge is 0.326 e. The Hall–Kier alpha value is -0.380. The Bertz CT molecular complexity index is 308. The second-order valence-corrected chi connectivity index (χ2v) is 4.40. The van der Waals surface area contributed by atoms with Gasteiger partial charge in [0.15, 0.2) is 0 Å². The molecule has 1 aromatic rings. The van der Waals surface area contributed by atoms with Gasteiger partial charge in [-0.1, -0.05) is 41.9 Å². The summed E-state index contributed by atoms with van der Waals surface area (Å²) in [5.74, 6) is 0. The summed E-state index contributed by atoms with van der Waals surface area (Å²) < 4.78 is 1.16. The molecular formula is C12H19BrN2. The lowest BCUT2D eigenvalue weighted by atomic mass is 10.1. The van der Waals surface area contributed by atoms with Crippen LogP contribution in [0.5, 0.6) is 0 Å². The highest BCUT2D eigenvalue weighted by molar-refractivity contribution is 9.10. The predicted molar refractivity (Wildman–Crippen MR) is 68.7 cm³/mol. The Morgan fingerprint density at radius 1 is 1.27 bits per heavy atom. The number of benzene rings is 1. The molecule has 0 bridgehead atoms. The Morgan fingerprint density at radius 2 is 1.93 bits per heavy atom. The summed E-state index contributed by atoms with van der Waals surface area (Å²) in [6.07, 6.45) is 0. The summed E-state index contributed by atoms with van der Waals surface area (Å²) in [7, 11) is 0. The molecule has 0 aliphatic rings. The number of nitrogens with zero attached hydrogens (tertiary/aromatic N) is 1. The zero-order chi connectivity index (χ0) is 11.3. The Labute approximate surface area is 101 Å². The van der Waals surface area contributed by atoms with Crippen LogP contribution < -0.4 is 5.73 Å². The van der Waals surface area contributed by atoms with Crippen molar-refractivity contribution in [3.8, 4) is 0 Å². The van der Waals surface area contributed by atoms with Crippen molar-refractivity contribution in [2.24, 2.45) is 5.73 Å². The minimum absolute atomic E-state index is 0.607. The molecule has 2 nitrogen and oxygen atoms in total. The van der Waals surface area contributed by atoms with E-state index in [1.165, 1.54) is 11.1 Å². The summed E-state index contributed by atoms with van der Waals surface area (Å²) in [6, 6.07) is 6.22. The molecule has 0 fully saturated rings. The zero-order valence-corrected chi connectivity index (χ0v) is 11.0. The molecule has 1 aromatic carbocycles.